The van der Waals surface area contributed by atoms with E-state index >= 15 is 0 Å². The van der Waals surface area contributed by atoms with Crippen molar-refractivity contribution >= 4 is 32.2 Å². The second-order valence-electron chi connectivity index (χ2n) is 4.14. The molecule has 0 amide bonds. The third kappa shape index (κ3) is 5.06. The van der Waals surface area contributed by atoms with Crippen LogP contribution in [-0.4, -0.2) is 42.6 Å². The van der Waals surface area contributed by atoms with Crippen molar-refractivity contribution in [3.8, 4) is 0 Å². The van der Waals surface area contributed by atoms with Crippen LogP contribution in [0, 0.1) is 10.1 Å². The fourth-order valence-electron chi connectivity index (χ4n) is 1.58. The molecule has 0 heterocycles. The molecule has 0 bridgehead atoms. The topological polar surface area (TPSA) is 118 Å². The molecular weight excluding hydrogens is 318 g/mol. The zero-order valence-electron chi connectivity index (χ0n) is 11.7. The molecule has 0 aliphatic rings. The van der Waals surface area contributed by atoms with Crippen LogP contribution < -0.4 is 10.0 Å². The smallest absolute Gasteiger partial charge is 0.270 e. The van der Waals surface area contributed by atoms with E-state index in [0.717, 1.165) is 6.07 Å². The molecule has 0 aromatic heterocycles. The normalized spacial score (nSPS) is 12.9. The molecule has 1 unspecified atom stereocenters. The summed E-state index contributed by atoms with van der Waals surface area (Å²) >= 11 is 0. The molecule has 8 nitrogen and oxygen atoms in total. The van der Waals surface area contributed by atoms with Gasteiger partial charge in [-0.05, 0) is 13.0 Å². The van der Waals surface area contributed by atoms with Crippen LogP contribution in [0.2, 0.25) is 0 Å². The van der Waals surface area contributed by atoms with Crippen molar-refractivity contribution in [1.29, 1.82) is 0 Å². The molecule has 1 rings (SSSR count). The van der Waals surface area contributed by atoms with E-state index < -0.39 is 25.7 Å². The summed E-state index contributed by atoms with van der Waals surface area (Å²) in [5.74, 6) is 0.171. The number of sulfonamides is 1. The van der Waals surface area contributed by atoms with Gasteiger partial charge in [-0.25, -0.2) is 13.1 Å². The Morgan fingerprint density at radius 3 is 2.57 bits per heavy atom. The van der Waals surface area contributed by atoms with E-state index in [0.29, 0.717) is 6.54 Å². The van der Waals surface area contributed by atoms with E-state index in [1.807, 2.05) is 0 Å². The van der Waals surface area contributed by atoms with E-state index in [1.54, 1.807) is 6.92 Å². The van der Waals surface area contributed by atoms with Crippen LogP contribution in [-0.2, 0) is 20.8 Å². The maximum absolute atomic E-state index is 12.2. The number of benzene rings is 1. The van der Waals surface area contributed by atoms with Gasteiger partial charge in [0.05, 0.1) is 10.6 Å². The zero-order valence-corrected chi connectivity index (χ0v) is 13.3. The first-order valence-electron chi connectivity index (χ1n) is 6.10. The summed E-state index contributed by atoms with van der Waals surface area (Å²) in [5, 5.41) is 13.6. The van der Waals surface area contributed by atoms with E-state index in [9.17, 15) is 22.7 Å². The summed E-state index contributed by atoms with van der Waals surface area (Å²) in [4.78, 5) is 9.93. The Hall–Kier alpha value is -1.52. The number of non-ortho nitro benzene ring substituents is 1. The first-order chi connectivity index (χ1) is 9.77. The Labute approximate surface area is 125 Å². The molecule has 0 radical (unpaired) electrons. The van der Waals surface area contributed by atoms with E-state index in [1.165, 1.54) is 18.4 Å². The second kappa shape index (κ2) is 7.48. The summed E-state index contributed by atoms with van der Waals surface area (Å²) in [6.07, 6.45) is 1.46. The average molecular weight is 335 g/mol. The number of nitrogens with one attached hydrogen (secondary N) is 2. The lowest BCUT2D eigenvalue weighted by Gasteiger charge is -2.12. The SMILES string of the molecule is CCNc1ccc([N+](=O)[O-])cc1S(=O)(=O)NCCS(C)=O. The Morgan fingerprint density at radius 2 is 2.05 bits per heavy atom. The quantitative estimate of drug-likeness (QED) is 0.533. The lowest BCUT2D eigenvalue weighted by atomic mass is 10.3. The molecule has 10 heteroatoms. The molecular formula is C11H17N3O5S2. The number of rotatable bonds is 8. The van der Waals surface area contributed by atoms with Crippen LogP contribution >= 0.6 is 0 Å². The number of hydrogen-bond donors (Lipinski definition) is 2. The molecule has 0 saturated heterocycles. The molecule has 0 fully saturated rings. The monoisotopic (exact) mass is 335 g/mol. The van der Waals surface area contributed by atoms with Crippen LogP contribution in [0.25, 0.3) is 0 Å². The van der Waals surface area contributed by atoms with Gasteiger partial charge < -0.3 is 5.32 Å². The van der Waals surface area contributed by atoms with Crippen molar-refractivity contribution in [2.75, 3.05) is 30.4 Å². The van der Waals surface area contributed by atoms with Crippen molar-refractivity contribution in [3.63, 3.8) is 0 Å². The minimum absolute atomic E-state index is 0.000296. The molecule has 0 aliphatic heterocycles. The molecule has 1 atom stereocenters. The summed E-state index contributed by atoms with van der Waals surface area (Å²) in [5.41, 5.74) is -0.0238. The molecule has 0 aliphatic carbocycles. The van der Waals surface area contributed by atoms with Crippen molar-refractivity contribution < 1.29 is 17.6 Å². The van der Waals surface area contributed by atoms with Gasteiger partial charge in [-0.15, -0.1) is 0 Å². The number of nitro groups is 1. The lowest BCUT2D eigenvalue weighted by Crippen LogP contribution is -2.28. The number of nitro benzene ring substituents is 1. The van der Waals surface area contributed by atoms with Crippen molar-refractivity contribution in [2.45, 2.75) is 11.8 Å². The molecule has 0 spiro atoms. The predicted molar refractivity (Wildman–Crippen MR) is 81.4 cm³/mol. The Morgan fingerprint density at radius 1 is 1.38 bits per heavy atom. The van der Waals surface area contributed by atoms with Crippen LogP contribution in [0.15, 0.2) is 23.1 Å². The first kappa shape index (κ1) is 17.5. The number of hydrogen-bond acceptors (Lipinski definition) is 6. The Bertz CT molecular complexity index is 645. The van der Waals surface area contributed by atoms with Crippen molar-refractivity contribution in [1.82, 2.24) is 4.72 Å². The first-order valence-corrected chi connectivity index (χ1v) is 9.31. The van der Waals surface area contributed by atoms with Gasteiger partial charge >= 0.3 is 0 Å². The molecule has 118 valence electrons. The van der Waals surface area contributed by atoms with Crippen LogP contribution in [0.4, 0.5) is 11.4 Å². The predicted octanol–water partition coefficient (Wildman–Crippen LogP) is 0.683. The molecule has 1 aromatic carbocycles. The summed E-state index contributed by atoms with van der Waals surface area (Å²) in [6.45, 7) is 2.25. The highest BCUT2D eigenvalue weighted by atomic mass is 32.2. The fourth-order valence-corrected chi connectivity index (χ4v) is 3.33. The minimum atomic E-state index is -3.92. The highest BCUT2D eigenvalue weighted by molar-refractivity contribution is 7.89. The van der Waals surface area contributed by atoms with Crippen molar-refractivity contribution in [2.24, 2.45) is 0 Å². The molecule has 21 heavy (non-hydrogen) atoms. The van der Waals surface area contributed by atoms with Crippen LogP contribution in [0.1, 0.15) is 6.92 Å². The molecule has 2 N–H and O–H groups in total. The van der Waals surface area contributed by atoms with Gasteiger partial charge in [0.2, 0.25) is 10.0 Å². The van der Waals surface area contributed by atoms with E-state index in [-0.39, 0.29) is 28.6 Å². The standard InChI is InChI=1S/C11H17N3O5S2/c1-3-12-10-5-4-9(14(15)16)8-11(10)21(18,19)13-6-7-20(2)17/h4-5,8,12-13H,3,6-7H2,1-2H3. The third-order valence-corrected chi connectivity index (χ3v) is 4.79. The van der Waals surface area contributed by atoms with Gasteiger partial charge in [0.25, 0.3) is 5.69 Å². The van der Waals surface area contributed by atoms with Crippen molar-refractivity contribution in [3.05, 3.63) is 28.3 Å². The van der Waals surface area contributed by atoms with Gasteiger partial charge in [-0.2, -0.15) is 0 Å². The van der Waals surface area contributed by atoms with Gasteiger partial charge in [0.15, 0.2) is 0 Å². The fraction of sp³-hybridized carbons (Fsp3) is 0.455. The molecule has 0 saturated carbocycles. The molecule has 1 aromatic rings. The Kier molecular flexibility index (Phi) is 6.24. The highest BCUT2D eigenvalue weighted by Gasteiger charge is 2.21. The largest absolute Gasteiger partial charge is 0.384 e. The zero-order chi connectivity index (χ0) is 16.0. The van der Waals surface area contributed by atoms with Gasteiger partial charge in [0.1, 0.15) is 4.90 Å². The van der Waals surface area contributed by atoms with Gasteiger partial charge in [0, 0.05) is 48.0 Å². The highest BCUT2D eigenvalue weighted by Crippen LogP contribution is 2.26. The van der Waals surface area contributed by atoms with E-state index in [2.05, 4.69) is 10.0 Å². The summed E-state index contributed by atoms with van der Waals surface area (Å²) in [7, 11) is -5.04. The average Bonchev–Trinajstić information content (AvgIpc) is 2.38. The summed E-state index contributed by atoms with van der Waals surface area (Å²) < 4.78 is 37.7. The van der Waals surface area contributed by atoms with Crippen LogP contribution in [0.3, 0.4) is 0 Å². The lowest BCUT2D eigenvalue weighted by molar-refractivity contribution is -0.385. The maximum atomic E-state index is 12.2. The third-order valence-electron chi connectivity index (χ3n) is 2.51. The van der Waals surface area contributed by atoms with Crippen LogP contribution in [0.5, 0.6) is 0 Å². The minimum Gasteiger partial charge on any atom is -0.384 e. The van der Waals surface area contributed by atoms with E-state index in [4.69, 9.17) is 0 Å². The summed E-state index contributed by atoms with van der Waals surface area (Å²) in [6, 6.07) is 3.59. The van der Waals surface area contributed by atoms with Gasteiger partial charge in [-0.1, -0.05) is 0 Å². The number of nitrogens with zero attached hydrogens (tertiary/aromatic N) is 1. The second-order valence-corrected chi connectivity index (χ2v) is 7.43. The maximum Gasteiger partial charge on any atom is 0.270 e. The Balaban J connectivity index is 3.14. The number of anilines is 1. The van der Waals surface area contributed by atoms with Gasteiger partial charge in [-0.3, -0.25) is 14.3 Å².